The van der Waals surface area contributed by atoms with Crippen molar-refractivity contribution in [3.63, 3.8) is 0 Å². The Labute approximate surface area is 186 Å². The van der Waals surface area contributed by atoms with Crippen LogP contribution in [0.25, 0.3) is 10.2 Å². The van der Waals surface area contributed by atoms with Crippen LogP contribution >= 0.6 is 11.3 Å². The number of hydrogen-bond donors (Lipinski definition) is 0. The number of benzene rings is 2. The van der Waals surface area contributed by atoms with Crippen molar-refractivity contribution < 1.29 is 13.2 Å². The Kier molecular flexibility index (Phi) is 6.14. The van der Waals surface area contributed by atoms with E-state index in [9.17, 15) is 13.2 Å². The maximum absolute atomic E-state index is 12.9. The lowest BCUT2D eigenvalue weighted by atomic mass is 10.1. The molecule has 31 heavy (non-hydrogen) atoms. The molecule has 3 aromatic rings. The van der Waals surface area contributed by atoms with Crippen LogP contribution in [-0.4, -0.2) is 36.3 Å². The van der Waals surface area contributed by atoms with E-state index in [1.807, 2.05) is 25.5 Å². The molecule has 1 aromatic heterocycles. The van der Waals surface area contributed by atoms with Crippen LogP contribution in [0.1, 0.15) is 47.2 Å². The van der Waals surface area contributed by atoms with Gasteiger partial charge in [-0.2, -0.15) is 9.30 Å². The number of hydrogen-bond acceptors (Lipinski definition) is 4. The van der Waals surface area contributed by atoms with E-state index in [2.05, 4.69) is 17.1 Å². The second kappa shape index (κ2) is 8.68. The summed E-state index contributed by atoms with van der Waals surface area (Å²) in [4.78, 5) is 18.0. The molecule has 0 spiro atoms. The van der Waals surface area contributed by atoms with Crippen LogP contribution < -0.4 is 4.80 Å². The van der Waals surface area contributed by atoms with E-state index < -0.39 is 10.0 Å². The molecule has 1 fully saturated rings. The average molecular weight is 458 g/mol. The molecular formula is C23H27N3O3S2. The van der Waals surface area contributed by atoms with Gasteiger partial charge < -0.3 is 4.57 Å². The van der Waals surface area contributed by atoms with E-state index in [4.69, 9.17) is 0 Å². The summed E-state index contributed by atoms with van der Waals surface area (Å²) in [6.45, 7) is 5.20. The second-order valence-corrected chi connectivity index (χ2v) is 11.0. The summed E-state index contributed by atoms with van der Waals surface area (Å²) in [6, 6.07) is 10.3. The first-order valence-electron chi connectivity index (χ1n) is 10.5. The van der Waals surface area contributed by atoms with Crippen molar-refractivity contribution in [3.05, 3.63) is 57.9 Å². The van der Waals surface area contributed by atoms with E-state index in [-0.39, 0.29) is 10.8 Å². The SMILES string of the molecule is Cc1ccc(C)c2c1sc(=NC(=O)c1ccc(S(=O)(=O)N3CCCCCC3)cc1)n2C. The van der Waals surface area contributed by atoms with Gasteiger partial charge in [0.15, 0.2) is 4.80 Å². The minimum atomic E-state index is -3.53. The first-order valence-corrected chi connectivity index (χ1v) is 12.8. The molecule has 0 aliphatic carbocycles. The van der Waals surface area contributed by atoms with Crippen LogP contribution in [0.3, 0.4) is 0 Å². The van der Waals surface area contributed by atoms with Gasteiger partial charge in [0.25, 0.3) is 5.91 Å². The Balaban J connectivity index is 1.63. The molecule has 1 amide bonds. The topological polar surface area (TPSA) is 71.7 Å². The van der Waals surface area contributed by atoms with Gasteiger partial charge in [0.05, 0.1) is 15.1 Å². The highest BCUT2D eigenvalue weighted by Crippen LogP contribution is 2.24. The standard InChI is InChI=1S/C23H27N3O3S2/c1-16-8-9-17(2)21-20(16)25(3)23(30-21)24-22(27)18-10-12-19(13-11-18)31(28,29)26-14-6-4-5-7-15-26/h8-13H,4-7,14-15H2,1-3H3. The third kappa shape index (κ3) is 4.24. The van der Waals surface area contributed by atoms with Crippen molar-refractivity contribution in [1.29, 1.82) is 0 Å². The Morgan fingerprint density at radius 3 is 2.16 bits per heavy atom. The summed E-state index contributed by atoms with van der Waals surface area (Å²) in [5, 5.41) is 0. The first kappa shape index (κ1) is 21.9. The zero-order valence-electron chi connectivity index (χ0n) is 18.1. The first-order chi connectivity index (χ1) is 14.8. The quantitative estimate of drug-likeness (QED) is 0.593. The molecule has 1 aliphatic rings. The number of carbonyl (C=O) groups excluding carboxylic acids is 1. The summed E-state index contributed by atoms with van der Waals surface area (Å²) in [7, 11) is -1.62. The Morgan fingerprint density at radius 2 is 1.55 bits per heavy atom. The van der Waals surface area contributed by atoms with Crippen LogP contribution in [0.5, 0.6) is 0 Å². The zero-order valence-corrected chi connectivity index (χ0v) is 19.7. The maximum Gasteiger partial charge on any atom is 0.279 e. The van der Waals surface area contributed by atoms with Crippen molar-refractivity contribution in [2.75, 3.05) is 13.1 Å². The van der Waals surface area contributed by atoms with Crippen molar-refractivity contribution in [2.24, 2.45) is 12.0 Å². The van der Waals surface area contributed by atoms with Crippen LogP contribution in [0, 0.1) is 13.8 Å². The van der Waals surface area contributed by atoms with E-state index >= 15 is 0 Å². The highest BCUT2D eigenvalue weighted by atomic mass is 32.2. The lowest BCUT2D eigenvalue weighted by Gasteiger charge is -2.19. The number of aromatic nitrogens is 1. The third-order valence-electron chi connectivity index (χ3n) is 5.85. The van der Waals surface area contributed by atoms with E-state index in [1.165, 1.54) is 23.5 Å². The van der Waals surface area contributed by atoms with Crippen LogP contribution in [0.2, 0.25) is 0 Å². The summed E-state index contributed by atoms with van der Waals surface area (Å²) < 4.78 is 30.5. The van der Waals surface area contributed by atoms with Gasteiger partial charge in [-0.1, -0.05) is 36.3 Å². The normalized spacial score (nSPS) is 16.5. The molecular weight excluding hydrogens is 430 g/mol. The molecule has 1 aliphatic heterocycles. The fourth-order valence-corrected chi connectivity index (χ4v) is 6.70. The van der Waals surface area contributed by atoms with Crippen molar-refractivity contribution >= 4 is 37.5 Å². The van der Waals surface area contributed by atoms with E-state index in [0.717, 1.165) is 47.0 Å². The Morgan fingerprint density at radius 1 is 0.935 bits per heavy atom. The smallest absolute Gasteiger partial charge is 0.279 e. The predicted molar refractivity (Wildman–Crippen MR) is 124 cm³/mol. The average Bonchev–Trinajstić information content (AvgIpc) is 2.94. The van der Waals surface area contributed by atoms with Crippen LogP contribution in [-0.2, 0) is 17.1 Å². The van der Waals surface area contributed by atoms with Gasteiger partial charge in [-0.3, -0.25) is 4.79 Å². The van der Waals surface area contributed by atoms with Crippen LogP contribution in [0.15, 0.2) is 46.3 Å². The van der Waals surface area contributed by atoms with Gasteiger partial charge in [-0.05, 0) is 62.1 Å². The molecule has 2 heterocycles. The number of fused-ring (bicyclic) bond motifs is 1. The molecule has 0 bridgehead atoms. The summed E-state index contributed by atoms with van der Waals surface area (Å²) >= 11 is 1.49. The van der Waals surface area contributed by atoms with Gasteiger partial charge in [0.2, 0.25) is 10.0 Å². The fraction of sp³-hybridized carbons (Fsp3) is 0.391. The molecule has 8 heteroatoms. The number of sulfonamides is 1. The van der Waals surface area contributed by atoms with Gasteiger partial charge in [0, 0.05) is 25.7 Å². The van der Waals surface area contributed by atoms with E-state index in [1.54, 1.807) is 16.4 Å². The zero-order chi connectivity index (χ0) is 22.2. The lowest BCUT2D eigenvalue weighted by molar-refractivity contribution is 0.0998. The number of aryl methyl sites for hydroxylation is 3. The van der Waals surface area contributed by atoms with Crippen molar-refractivity contribution in [1.82, 2.24) is 8.87 Å². The summed E-state index contributed by atoms with van der Waals surface area (Å²) in [5.41, 5.74) is 3.74. The number of carbonyl (C=O) groups is 1. The number of amides is 1. The van der Waals surface area contributed by atoms with Gasteiger partial charge in [-0.15, -0.1) is 0 Å². The fourth-order valence-electron chi connectivity index (χ4n) is 4.02. The molecule has 164 valence electrons. The second-order valence-electron chi connectivity index (χ2n) is 8.08. The monoisotopic (exact) mass is 457 g/mol. The van der Waals surface area contributed by atoms with Gasteiger partial charge >= 0.3 is 0 Å². The molecule has 0 radical (unpaired) electrons. The van der Waals surface area contributed by atoms with Crippen molar-refractivity contribution in [3.8, 4) is 0 Å². The molecule has 0 N–H and O–H groups in total. The highest BCUT2D eigenvalue weighted by Gasteiger charge is 2.25. The molecule has 6 nitrogen and oxygen atoms in total. The molecule has 0 unspecified atom stereocenters. The minimum absolute atomic E-state index is 0.226. The summed E-state index contributed by atoms with van der Waals surface area (Å²) in [6.07, 6.45) is 3.91. The third-order valence-corrected chi connectivity index (χ3v) is 9.03. The van der Waals surface area contributed by atoms with Crippen LogP contribution in [0.4, 0.5) is 0 Å². The minimum Gasteiger partial charge on any atom is -0.319 e. The van der Waals surface area contributed by atoms with Gasteiger partial charge in [0.1, 0.15) is 0 Å². The van der Waals surface area contributed by atoms with Crippen molar-refractivity contribution in [2.45, 2.75) is 44.4 Å². The van der Waals surface area contributed by atoms with Gasteiger partial charge in [-0.25, -0.2) is 8.42 Å². The molecule has 2 aromatic carbocycles. The Hall–Kier alpha value is -2.29. The number of thiazole rings is 1. The lowest BCUT2D eigenvalue weighted by Crippen LogP contribution is -2.31. The van der Waals surface area contributed by atoms with E-state index in [0.29, 0.717) is 23.5 Å². The highest BCUT2D eigenvalue weighted by molar-refractivity contribution is 7.89. The predicted octanol–water partition coefficient (Wildman–Crippen LogP) is 4.16. The molecule has 0 saturated carbocycles. The molecule has 0 atom stereocenters. The maximum atomic E-state index is 12.9. The number of rotatable bonds is 3. The molecule has 1 saturated heterocycles. The summed E-state index contributed by atoms with van der Waals surface area (Å²) in [5.74, 6) is -0.379. The largest absolute Gasteiger partial charge is 0.319 e. The molecule has 4 rings (SSSR count). The number of nitrogens with zero attached hydrogens (tertiary/aromatic N) is 3. The Bertz CT molecular complexity index is 1290.